The molecule has 0 aliphatic carbocycles. The molecule has 0 fully saturated rings. The van der Waals surface area contributed by atoms with E-state index in [1.54, 1.807) is 11.8 Å². The Balaban J connectivity index is 1.76. The summed E-state index contributed by atoms with van der Waals surface area (Å²) in [5.41, 5.74) is 7.41. The average Bonchev–Trinajstić information content (AvgIpc) is 2.90. The van der Waals surface area contributed by atoms with Crippen molar-refractivity contribution in [3.05, 3.63) is 35.7 Å². The molecule has 0 bridgehead atoms. The number of aromatic nitrogens is 2. The van der Waals surface area contributed by atoms with Gasteiger partial charge in [-0.25, -0.2) is 4.98 Å². The quantitative estimate of drug-likeness (QED) is 0.942. The molecule has 4 nitrogen and oxygen atoms in total. The van der Waals surface area contributed by atoms with Crippen LogP contribution in [0, 0.1) is 0 Å². The highest BCUT2D eigenvalue weighted by Crippen LogP contribution is 2.38. The first-order valence-corrected chi connectivity index (χ1v) is 7.89. The molecule has 6 heteroatoms. The summed E-state index contributed by atoms with van der Waals surface area (Å²) in [4.78, 5) is 4.47. The fraction of sp³-hybridized carbons (Fsp3) is 0.385. The Bertz CT molecular complexity index is 573. The predicted molar refractivity (Wildman–Crippen MR) is 77.8 cm³/mol. The van der Waals surface area contributed by atoms with Crippen molar-refractivity contribution in [1.29, 1.82) is 0 Å². The molecule has 0 saturated heterocycles. The second-order valence-electron chi connectivity index (χ2n) is 4.36. The third kappa shape index (κ3) is 2.61. The van der Waals surface area contributed by atoms with E-state index >= 15 is 0 Å². The average molecular weight is 293 g/mol. The van der Waals surface area contributed by atoms with Crippen molar-refractivity contribution in [3.63, 3.8) is 0 Å². The van der Waals surface area contributed by atoms with Crippen molar-refractivity contribution in [2.24, 2.45) is 5.73 Å². The van der Waals surface area contributed by atoms with Crippen molar-refractivity contribution < 1.29 is 4.74 Å². The largest absolute Gasteiger partial charge is 0.492 e. The normalized spacial score (nSPS) is 21.8. The summed E-state index contributed by atoms with van der Waals surface area (Å²) >= 11 is 3.11. The van der Waals surface area contributed by atoms with Crippen LogP contribution in [-0.4, -0.2) is 21.2 Å². The fourth-order valence-electron chi connectivity index (χ4n) is 2.03. The van der Waals surface area contributed by atoms with Crippen molar-refractivity contribution in [3.8, 4) is 5.75 Å². The van der Waals surface area contributed by atoms with Crippen LogP contribution in [-0.2, 0) is 6.42 Å². The van der Waals surface area contributed by atoms with Gasteiger partial charge in [-0.05, 0) is 17.6 Å². The lowest BCUT2D eigenvalue weighted by atomic mass is 10.0. The Morgan fingerprint density at radius 2 is 2.32 bits per heavy atom. The third-order valence-electron chi connectivity index (χ3n) is 3.10. The summed E-state index contributed by atoms with van der Waals surface area (Å²) in [6, 6.07) is 7.94. The molecule has 2 N–H and O–H groups in total. The Kier molecular flexibility index (Phi) is 3.72. The zero-order valence-electron chi connectivity index (χ0n) is 10.6. The van der Waals surface area contributed by atoms with Crippen molar-refractivity contribution in [2.45, 2.75) is 29.0 Å². The first kappa shape index (κ1) is 12.9. The number of benzene rings is 1. The van der Waals surface area contributed by atoms with Gasteiger partial charge in [-0.3, -0.25) is 0 Å². The van der Waals surface area contributed by atoms with E-state index in [1.807, 2.05) is 24.3 Å². The molecule has 0 radical (unpaired) electrons. The van der Waals surface area contributed by atoms with Crippen LogP contribution in [0.3, 0.4) is 0 Å². The molecule has 19 heavy (non-hydrogen) atoms. The minimum atomic E-state index is -0.0241. The summed E-state index contributed by atoms with van der Waals surface area (Å²) in [5, 5.41) is 0.188. The Labute approximate surface area is 120 Å². The maximum atomic E-state index is 6.33. The summed E-state index contributed by atoms with van der Waals surface area (Å²) in [6.07, 6.45) is 0.868. The summed E-state index contributed by atoms with van der Waals surface area (Å²) in [5.74, 6) is 1.80. The van der Waals surface area contributed by atoms with Gasteiger partial charge in [0.25, 0.3) is 0 Å². The molecular weight excluding hydrogens is 278 g/mol. The summed E-state index contributed by atoms with van der Waals surface area (Å²) in [6.45, 7) is 2.67. The van der Waals surface area contributed by atoms with Gasteiger partial charge in [0.15, 0.2) is 4.34 Å². The SMILES string of the molecule is CCc1nsc(SC2COc3ccccc3C2N)n1. The lowest BCUT2D eigenvalue weighted by Gasteiger charge is -2.29. The number of para-hydroxylation sites is 1. The van der Waals surface area contributed by atoms with Gasteiger partial charge in [0.2, 0.25) is 0 Å². The monoisotopic (exact) mass is 293 g/mol. The molecular formula is C13H15N3OS2. The van der Waals surface area contributed by atoms with E-state index in [-0.39, 0.29) is 11.3 Å². The van der Waals surface area contributed by atoms with Gasteiger partial charge in [0.1, 0.15) is 18.2 Å². The van der Waals surface area contributed by atoms with Crippen LogP contribution in [0.2, 0.25) is 0 Å². The van der Waals surface area contributed by atoms with E-state index in [2.05, 4.69) is 16.3 Å². The molecule has 2 atom stereocenters. The van der Waals surface area contributed by atoms with Gasteiger partial charge in [-0.1, -0.05) is 36.9 Å². The number of hydrogen-bond acceptors (Lipinski definition) is 6. The van der Waals surface area contributed by atoms with Crippen LogP contribution in [0.15, 0.2) is 28.6 Å². The van der Waals surface area contributed by atoms with E-state index in [9.17, 15) is 0 Å². The van der Waals surface area contributed by atoms with E-state index in [4.69, 9.17) is 10.5 Å². The molecule has 1 aromatic carbocycles. The van der Waals surface area contributed by atoms with Crippen LogP contribution in [0.25, 0.3) is 0 Å². The number of nitrogens with two attached hydrogens (primary N) is 1. The zero-order chi connectivity index (χ0) is 13.2. The molecule has 2 aromatic rings. The van der Waals surface area contributed by atoms with Crippen LogP contribution < -0.4 is 10.5 Å². The van der Waals surface area contributed by atoms with Crippen molar-refractivity contribution >= 4 is 23.3 Å². The smallest absolute Gasteiger partial charge is 0.170 e. The van der Waals surface area contributed by atoms with Crippen molar-refractivity contribution in [2.75, 3.05) is 6.61 Å². The maximum Gasteiger partial charge on any atom is 0.170 e. The van der Waals surface area contributed by atoms with Crippen LogP contribution in [0.5, 0.6) is 5.75 Å². The predicted octanol–water partition coefficient (Wildman–Crippen LogP) is 2.65. The van der Waals surface area contributed by atoms with E-state index < -0.39 is 0 Å². The lowest BCUT2D eigenvalue weighted by Crippen LogP contribution is -2.33. The minimum Gasteiger partial charge on any atom is -0.492 e. The zero-order valence-corrected chi connectivity index (χ0v) is 12.2. The molecule has 0 amide bonds. The number of rotatable bonds is 3. The number of aryl methyl sites for hydroxylation is 1. The molecule has 2 heterocycles. The van der Waals surface area contributed by atoms with Crippen LogP contribution in [0.4, 0.5) is 0 Å². The Morgan fingerprint density at radius 3 is 3.11 bits per heavy atom. The van der Waals surface area contributed by atoms with Gasteiger partial charge in [-0.2, -0.15) is 4.37 Å². The van der Waals surface area contributed by atoms with E-state index in [1.165, 1.54) is 11.5 Å². The highest BCUT2D eigenvalue weighted by atomic mass is 32.2. The first-order chi connectivity index (χ1) is 9.28. The van der Waals surface area contributed by atoms with Crippen LogP contribution >= 0.6 is 23.3 Å². The highest BCUT2D eigenvalue weighted by Gasteiger charge is 2.29. The second kappa shape index (κ2) is 5.48. The minimum absolute atomic E-state index is 0.0241. The van der Waals surface area contributed by atoms with Crippen molar-refractivity contribution in [1.82, 2.24) is 9.36 Å². The van der Waals surface area contributed by atoms with E-state index in [0.717, 1.165) is 27.9 Å². The number of hydrogen-bond donors (Lipinski definition) is 1. The van der Waals surface area contributed by atoms with Gasteiger partial charge >= 0.3 is 0 Å². The standard InChI is InChI=1S/C13H15N3OS2/c1-2-11-15-13(19-16-11)18-10-7-17-9-6-4-3-5-8(9)12(10)14/h3-6,10,12H,2,7,14H2,1H3. The summed E-state index contributed by atoms with van der Waals surface area (Å²) < 4.78 is 11.0. The molecule has 1 aliphatic heterocycles. The maximum absolute atomic E-state index is 6.33. The Hall–Kier alpha value is -1.11. The molecule has 3 rings (SSSR count). The molecule has 2 unspecified atom stereocenters. The van der Waals surface area contributed by atoms with Gasteiger partial charge in [0, 0.05) is 18.0 Å². The molecule has 0 saturated carbocycles. The topological polar surface area (TPSA) is 61.0 Å². The third-order valence-corrected chi connectivity index (χ3v) is 5.19. The number of nitrogens with zero attached hydrogens (tertiary/aromatic N) is 2. The number of fused-ring (bicyclic) bond motifs is 1. The van der Waals surface area contributed by atoms with Gasteiger partial charge in [-0.15, -0.1) is 0 Å². The highest BCUT2D eigenvalue weighted by molar-refractivity contribution is 8.01. The van der Waals surface area contributed by atoms with Crippen LogP contribution in [0.1, 0.15) is 24.4 Å². The van der Waals surface area contributed by atoms with Gasteiger partial charge < -0.3 is 10.5 Å². The Morgan fingerprint density at radius 1 is 1.47 bits per heavy atom. The molecule has 100 valence electrons. The molecule has 1 aromatic heterocycles. The second-order valence-corrected chi connectivity index (χ2v) is 6.60. The first-order valence-electron chi connectivity index (χ1n) is 6.24. The summed E-state index contributed by atoms with van der Waals surface area (Å²) in [7, 11) is 0. The number of thioether (sulfide) groups is 1. The number of ether oxygens (including phenoxy) is 1. The molecule has 1 aliphatic rings. The fourth-order valence-corrected chi connectivity index (χ4v) is 4.03. The lowest BCUT2D eigenvalue weighted by molar-refractivity contribution is 0.276. The molecule has 0 spiro atoms. The van der Waals surface area contributed by atoms with E-state index in [0.29, 0.717) is 6.61 Å². The van der Waals surface area contributed by atoms with Gasteiger partial charge in [0.05, 0.1) is 5.25 Å².